The van der Waals surface area contributed by atoms with Crippen LogP contribution in [0.1, 0.15) is 26.3 Å². The summed E-state index contributed by atoms with van der Waals surface area (Å²) in [6.07, 6.45) is 1.75. The summed E-state index contributed by atoms with van der Waals surface area (Å²) in [6, 6.07) is 2.00. The molecule has 5 heteroatoms. The number of thiocarbonyl (C=S) groups is 1. The lowest BCUT2D eigenvalue weighted by Gasteiger charge is -2.23. The van der Waals surface area contributed by atoms with Gasteiger partial charge in [-0.15, -0.1) is 0 Å². The summed E-state index contributed by atoms with van der Waals surface area (Å²) in [6.45, 7) is 8.16. The monoisotopic (exact) mass is 301 g/mol. The molecule has 3 nitrogen and oxygen atoms in total. The topological polar surface area (TPSA) is 37.0 Å². The Hall–Kier alpha value is -0.680. The van der Waals surface area contributed by atoms with Crippen molar-refractivity contribution >= 4 is 39.1 Å². The molecule has 0 unspecified atom stereocenters. The van der Waals surface area contributed by atoms with Gasteiger partial charge < -0.3 is 10.6 Å². The second kappa shape index (κ2) is 5.10. The van der Waals surface area contributed by atoms with Crippen molar-refractivity contribution < 1.29 is 0 Å². The van der Waals surface area contributed by atoms with E-state index in [9.17, 15) is 0 Å². The molecule has 0 aliphatic carbocycles. The summed E-state index contributed by atoms with van der Waals surface area (Å²) in [5, 5.41) is 6.85. The number of nitrogens with one attached hydrogen (secondary N) is 2. The van der Waals surface area contributed by atoms with Crippen LogP contribution in [0.4, 0.5) is 5.82 Å². The van der Waals surface area contributed by atoms with Gasteiger partial charge in [0.2, 0.25) is 0 Å². The Bertz CT molecular complexity index is 399. The molecule has 0 aliphatic rings. The average molecular weight is 302 g/mol. The second-order valence-corrected chi connectivity index (χ2v) is 5.97. The minimum Gasteiger partial charge on any atom is -0.358 e. The van der Waals surface area contributed by atoms with Gasteiger partial charge in [0.25, 0.3) is 0 Å². The highest BCUT2D eigenvalue weighted by Gasteiger charge is 2.11. The minimum absolute atomic E-state index is 0.0483. The molecule has 88 valence electrons. The molecule has 1 aromatic heterocycles. The van der Waals surface area contributed by atoms with E-state index >= 15 is 0 Å². The molecule has 0 radical (unpaired) electrons. The van der Waals surface area contributed by atoms with Crippen LogP contribution < -0.4 is 10.6 Å². The zero-order valence-electron chi connectivity index (χ0n) is 9.89. The first kappa shape index (κ1) is 13.4. The van der Waals surface area contributed by atoms with E-state index in [1.165, 1.54) is 0 Å². The highest BCUT2D eigenvalue weighted by Crippen LogP contribution is 2.16. The Morgan fingerprint density at radius 3 is 2.56 bits per heavy atom. The SMILES string of the molecule is Cc1cc(Br)cnc1NC(=S)NC(C)(C)C. The third-order valence-electron chi connectivity index (χ3n) is 1.77. The second-order valence-electron chi connectivity index (χ2n) is 4.65. The molecule has 1 heterocycles. The van der Waals surface area contributed by atoms with Crippen LogP contribution in [0.15, 0.2) is 16.7 Å². The van der Waals surface area contributed by atoms with Gasteiger partial charge in [-0.2, -0.15) is 0 Å². The Morgan fingerprint density at radius 2 is 2.06 bits per heavy atom. The summed E-state index contributed by atoms with van der Waals surface area (Å²) < 4.78 is 0.963. The quantitative estimate of drug-likeness (QED) is 0.781. The van der Waals surface area contributed by atoms with Crippen molar-refractivity contribution in [3.63, 3.8) is 0 Å². The molecule has 0 saturated carbocycles. The molecule has 0 spiro atoms. The fourth-order valence-electron chi connectivity index (χ4n) is 1.15. The van der Waals surface area contributed by atoms with Gasteiger partial charge >= 0.3 is 0 Å². The molecule has 2 N–H and O–H groups in total. The van der Waals surface area contributed by atoms with Crippen LogP contribution in [0.25, 0.3) is 0 Å². The first-order chi connectivity index (χ1) is 7.28. The molecule has 16 heavy (non-hydrogen) atoms. The molecule has 0 bridgehead atoms. The molecule has 0 saturated heterocycles. The molecular weight excluding hydrogens is 286 g/mol. The normalized spacial score (nSPS) is 11.1. The van der Waals surface area contributed by atoms with Crippen LogP contribution in [0, 0.1) is 6.92 Å². The van der Waals surface area contributed by atoms with E-state index in [0.29, 0.717) is 5.11 Å². The largest absolute Gasteiger partial charge is 0.358 e. The molecular formula is C11H16BrN3S. The van der Waals surface area contributed by atoms with Crippen LogP contribution in [0.2, 0.25) is 0 Å². The molecule has 0 atom stereocenters. The van der Waals surface area contributed by atoms with E-state index in [2.05, 4.69) is 52.3 Å². The lowest BCUT2D eigenvalue weighted by atomic mass is 10.1. The number of hydrogen-bond acceptors (Lipinski definition) is 2. The van der Waals surface area contributed by atoms with Crippen molar-refractivity contribution in [2.45, 2.75) is 33.2 Å². The van der Waals surface area contributed by atoms with E-state index in [0.717, 1.165) is 15.9 Å². The zero-order valence-corrected chi connectivity index (χ0v) is 12.3. The number of nitrogens with zero attached hydrogens (tertiary/aromatic N) is 1. The van der Waals surface area contributed by atoms with Gasteiger partial charge in [0, 0.05) is 16.2 Å². The number of halogens is 1. The van der Waals surface area contributed by atoms with Gasteiger partial charge in [0.05, 0.1) is 0 Å². The van der Waals surface area contributed by atoms with E-state index in [1.807, 2.05) is 13.0 Å². The molecule has 0 fully saturated rings. The maximum atomic E-state index is 5.20. The maximum absolute atomic E-state index is 5.20. The summed E-state index contributed by atoms with van der Waals surface area (Å²) in [4.78, 5) is 4.26. The number of hydrogen-bond donors (Lipinski definition) is 2. The summed E-state index contributed by atoms with van der Waals surface area (Å²) in [7, 11) is 0. The van der Waals surface area contributed by atoms with Gasteiger partial charge in [-0.3, -0.25) is 0 Å². The fraction of sp³-hybridized carbons (Fsp3) is 0.455. The van der Waals surface area contributed by atoms with E-state index in [-0.39, 0.29) is 5.54 Å². The Morgan fingerprint density at radius 1 is 1.44 bits per heavy atom. The maximum Gasteiger partial charge on any atom is 0.172 e. The smallest absolute Gasteiger partial charge is 0.172 e. The number of aryl methyl sites for hydroxylation is 1. The van der Waals surface area contributed by atoms with Gasteiger partial charge in [-0.05, 0) is 67.5 Å². The Kier molecular flexibility index (Phi) is 4.27. The summed E-state index contributed by atoms with van der Waals surface area (Å²) in [5.74, 6) is 0.782. The third kappa shape index (κ3) is 4.45. The molecule has 1 rings (SSSR count). The van der Waals surface area contributed by atoms with Crippen LogP contribution in [-0.2, 0) is 0 Å². The van der Waals surface area contributed by atoms with Crippen molar-refractivity contribution in [2.75, 3.05) is 5.32 Å². The van der Waals surface area contributed by atoms with Crippen LogP contribution in [-0.4, -0.2) is 15.6 Å². The van der Waals surface area contributed by atoms with Crippen molar-refractivity contribution in [3.8, 4) is 0 Å². The lowest BCUT2D eigenvalue weighted by Crippen LogP contribution is -2.43. The predicted octanol–water partition coefficient (Wildman–Crippen LogP) is 3.24. The number of pyridine rings is 1. The van der Waals surface area contributed by atoms with Crippen molar-refractivity contribution in [1.29, 1.82) is 0 Å². The number of aromatic nitrogens is 1. The van der Waals surface area contributed by atoms with Gasteiger partial charge in [-0.1, -0.05) is 0 Å². The summed E-state index contributed by atoms with van der Waals surface area (Å²) in [5.41, 5.74) is 1.00. The van der Waals surface area contributed by atoms with Gasteiger partial charge in [0.1, 0.15) is 5.82 Å². The van der Waals surface area contributed by atoms with E-state index in [4.69, 9.17) is 12.2 Å². The highest BCUT2D eigenvalue weighted by atomic mass is 79.9. The fourth-order valence-corrected chi connectivity index (χ4v) is 2.00. The Balaban J connectivity index is 2.70. The van der Waals surface area contributed by atoms with Crippen LogP contribution in [0.5, 0.6) is 0 Å². The van der Waals surface area contributed by atoms with Crippen LogP contribution >= 0.6 is 28.1 Å². The predicted molar refractivity (Wildman–Crippen MR) is 75.8 cm³/mol. The number of anilines is 1. The molecule has 0 aromatic carbocycles. The lowest BCUT2D eigenvalue weighted by molar-refractivity contribution is 0.514. The van der Waals surface area contributed by atoms with Crippen molar-refractivity contribution in [1.82, 2.24) is 10.3 Å². The van der Waals surface area contributed by atoms with Gasteiger partial charge in [0.15, 0.2) is 5.11 Å². The van der Waals surface area contributed by atoms with Crippen molar-refractivity contribution in [2.24, 2.45) is 0 Å². The number of rotatable bonds is 1. The first-order valence-electron chi connectivity index (χ1n) is 4.99. The average Bonchev–Trinajstić information content (AvgIpc) is 2.06. The Labute approximate surface area is 110 Å². The highest BCUT2D eigenvalue weighted by molar-refractivity contribution is 9.10. The van der Waals surface area contributed by atoms with Gasteiger partial charge in [-0.25, -0.2) is 4.98 Å². The zero-order chi connectivity index (χ0) is 12.3. The first-order valence-corrected chi connectivity index (χ1v) is 6.19. The summed E-state index contributed by atoms with van der Waals surface area (Å²) >= 11 is 8.58. The third-order valence-corrected chi connectivity index (χ3v) is 2.40. The minimum atomic E-state index is -0.0483. The van der Waals surface area contributed by atoms with Crippen molar-refractivity contribution in [3.05, 3.63) is 22.3 Å². The molecule has 1 aromatic rings. The molecule has 0 aliphatic heterocycles. The molecule has 0 amide bonds. The van der Waals surface area contributed by atoms with Crippen LogP contribution in [0.3, 0.4) is 0 Å². The van der Waals surface area contributed by atoms with E-state index in [1.54, 1.807) is 6.20 Å². The van der Waals surface area contributed by atoms with E-state index < -0.39 is 0 Å². The standard InChI is InChI=1S/C11H16BrN3S/c1-7-5-8(12)6-13-9(7)14-10(16)15-11(2,3)4/h5-6H,1-4H3,(H2,13,14,15,16).